The molecule has 1 amide bonds. The van der Waals surface area contributed by atoms with E-state index < -0.39 is 0 Å². The first kappa shape index (κ1) is 20.9. The lowest BCUT2D eigenvalue weighted by Crippen LogP contribution is -2.44. The van der Waals surface area contributed by atoms with Crippen LogP contribution in [0.4, 0.5) is 9.52 Å². The van der Waals surface area contributed by atoms with Gasteiger partial charge >= 0.3 is 0 Å². The predicted molar refractivity (Wildman–Crippen MR) is 123 cm³/mol. The number of nitrogens with one attached hydrogen (secondary N) is 2. The molecule has 2 fully saturated rings. The summed E-state index contributed by atoms with van der Waals surface area (Å²) in [6.45, 7) is 4.03. The molecule has 1 aliphatic heterocycles. The third-order valence-corrected chi connectivity index (χ3v) is 7.86. The van der Waals surface area contributed by atoms with E-state index in [4.69, 9.17) is 4.98 Å². The number of hydrogen-bond acceptors (Lipinski definition) is 5. The third kappa shape index (κ3) is 5.09. The third-order valence-electron chi connectivity index (χ3n) is 6.79. The van der Waals surface area contributed by atoms with Crippen LogP contribution in [0.15, 0.2) is 18.2 Å². The second kappa shape index (κ2) is 9.25. The van der Waals surface area contributed by atoms with Crippen LogP contribution in [-0.2, 0) is 17.6 Å². The Morgan fingerprint density at radius 3 is 2.74 bits per heavy atom. The number of carbonyl (C=O) groups is 1. The molecule has 1 aromatic heterocycles. The van der Waals surface area contributed by atoms with Crippen molar-refractivity contribution >= 4 is 22.4 Å². The lowest BCUT2D eigenvalue weighted by Gasteiger charge is -2.32. The van der Waals surface area contributed by atoms with E-state index in [1.807, 2.05) is 11.0 Å². The van der Waals surface area contributed by atoms with E-state index in [0.29, 0.717) is 12.5 Å². The van der Waals surface area contributed by atoms with E-state index in [2.05, 4.69) is 10.6 Å². The lowest BCUT2D eigenvalue weighted by molar-refractivity contribution is -0.131. The van der Waals surface area contributed by atoms with Crippen LogP contribution in [0, 0.1) is 17.7 Å². The van der Waals surface area contributed by atoms with E-state index in [1.54, 1.807) is 23.5 Å². The number of thiazole rings is 1. The molecule has 31 heavy (non-hydrogen) atoms. The van der Waals surface area contributed by atoms with Gasteiger partial charge in [0.2, 0.25) is 5.91 Å². The van der Waals surface area contributed by atoms with E-state index in [1.165, 1.54) is 23.3 Å². The summed E-state index contributed by atoms with van der Waals surface area (Å²) >= 11 is 1.71. The summed E-state index contributed by atoms with van der Waals surface area (Å²) in [5.74, 6) is 1.40. The molecular weight excluding hydrogens is 411 g/mol. The zero-order chi connectivity index (χ0) is 21.2. The Hall–Kier alpha value is -1.99. The van der Waals surface area contributed by atoms with Gasteiger partial charge in [-0.3, -0.25) is 4.79 Å². The maximum Gasteiger partial charge on any atom is 0.236 e. The molecule has 1 aromatic carbocycles. The Morgan fingerprint density at radius 2 is 1.94 bits per heavy atom. The molecule has 0 spiro atoms. The molecule has 0 bridgehead atoms. The molecule has 1 saturated heterocycles. The highest BCUT2D eigenvalue weighted by atomic mass is 32.1. The van der Waals surface area contributed by atoms with Gasteiger partial charge in [-0.2, -0.15) is 0 Å². The smallest absolute Gasteiger partial charge is 0.236 e. The molecule has 3 aliphatic rings. The zero-order valence-electron chi connectivity index (χ0n) is 18.0. The van der Waals surface area contributed by atoms with Crippen LogP contribution in [0.25, 0.3) is 11.3 Å². The fourth-order valence-electron chi connectivity index (χ4n) is 4.67. The summed E-state index contributed by atoms with van der Waals surface area (Å²) in [5.41, 5.74) is 3.11. The summed E-state index contributed by atoms with van der Waals surface area (Å²) < 4.78 is 13.8. The molecule has 2 aromatic rings. The van der Waals surface area contributed by atoms with E-state index >= 15 is 0 Å². The van der Waals surface area contributed by atoms with Crippen molar-refractivity contribution < 1.29 is 9.18 Å². The lowest BCUT2D eigenvalue weighted by atomic mass is 9.97. The van der Waals surface area contributed by atoms with Gasteiger partial charge in [0, 0.05) is 30.1 Å². The number of amides is 1. The number of nitrogens with zero attached hydrogens (tertiary/aromatic N) is 2. The maximum atomic E-state index is 13.8. The van der Waals surface area contributed by atoms with Crippen molar-refractivity contribution in [3.8, 4) is 11.3 Å². The highest BCUT2D eigenvalue weighted by Crippen LogP contribution is 2.37. The number of fused-ring (bicyclic) bond motifs is 3. The van der Waals surface area contributed by atoms with Gasteiger partial charge in [-0.1, -0.05) is 6.07 Å². The molecule has 2 aliphatic carbocycles. The standard InChI is InChI=1S/C24H31FN4OS/c25-19-7-6-18-2-1-3-21-23(20(18)12-19)28-24(31-21)27-14-17-8-10-29(11-9-17)22(30)15-26-13-16-4-5-16/h6-7,12,16-17,26H,1-5,8-11,13-15H2,(H,27,28). The van der Waals surface area contributed by atoms with Crippen LogP contribution >= 0.6 is 11.3 Å². The molecule has 2 N–H and O–H groups in total. The molecule has 0 radical (unpaired) electrons. The average Bonchev–Trinajstić information content (AvgIpc) is 3.54. The van der Waals surface area contributed by atoms with Crippen LogP contribution in [0.3, 0.4) is 0 Å². The Balaban J connectivity index is 1.13. The predicted octanol–water partition coefficient (Wildman–Crippen LogP) is 4.09. The topological polar surface area (TPSA) is 57.3 Å². The highest BCUT2D eigenvalue weighted by molar-refractivity contribution is 7.16. The van der Waals surface area contributed by atoms with Crippen molar-refractivity contribution in [1.82, 2.24) is 15.2 Å². The van der Waals surface area contributed by atoms with Crippen molar-refractivity contribution in [3.05, 3.63) is 34.5 Å². The summed E-state index contributed by atoms with van der Waals surface area (Å²) in [6, 6.07) is 5.09. The number of rotatable bonds is 7. The van der Waals surface area contributed by atoms with Crippen LogP contribution in [0.1, 0.15) is 42.5 Å². The normalized spacial score (nSPS) is 18.9. The van der Waals surface area contributed by atoms with Crippen LogP contribution < -0.4 is 10.6 Å². The van der Waals surface area contributed by atoms with Crippen molar-refractivity contribution in [3.63, 3.8) is 0 Å². The van der Waals surface area contributed by atoms with E-state index in [-0.39, 0.29) is 11.7 Å². The number of benzene rings is 1. The minimum Gasteiger partial charge on any atom is -0.361 e. The summed E-state index contributed by atoms with van der Waals surface area (Å²) in [6.07, 6.45) is 7.74. The van der Waals surface area contributed by atoms with Gasteiger partial charge in [-0.15, -0.1) is 11.3 Å². The average molecular weight is 443 g/mol. The molecule has 0 atom stereocenters. The molecule has 2 heterocycles. The van der Waals surface area contributed by atoms with E-state index in [9.17, 15) is 9.18 Å². The van der Waals surface area contributed by atoms with Gasteiger partial charge in [0.15, 0.2) is 5.13 Å². The fourth-order valence-corrected chi connectivity index (χ4v) is 5.69. The van der Waals surface area contributed by atoms with Gasteiger partial charge in [0.1, 0.15) is 5.82 Å². The summed E-state index contributed by atoms with van der Waals surface area (Å²) in [7, 11) is 0. The summed E-state index contributed by atoms with van der Waals surface area (Å²) in [4.78, 5) is 20.5. The second-order valence-corrected chi connectivity index (χ2v) is 10.3. The number of hydrogen-bond donors (Lipinski definition) is 2. The Morgan fingerprint density at radius 1 is 1.13 bits per heavy atom. The number of aromatic nitrogens is 1. The van der Waals surface area contributed by atoms with Crippen LogP contribution in [-0.4, -0.2) is 48.5 Å². The molecule has 5 rings (SSSR count). The molecule has 5 nitrogen and oxygen atoms in total. The Bertz CT molecular complexity index is 934. The van der Waals surface area contributed by atoms with E-state index in [0.717, 1.165) is 80.6 Å². The summed E-state index contributed by atoms with van der Waals surface area (Å²) in [5, 5.41) is 7.78. The number of halogens is 1. The number of likely N-dealkylation sites (tertiary alicyclic amines) is 1. The fraction of sp³-hybridized carbons (Fsp3) is 0.583. The highest BCUT2D eigenvalue weighted by Gasteiger charge is 2.25. The van der Waals surface area contributed by atoms with Crippen molar-refractivity contribution in [1.29, 1.82) is 0 Å². The quantitative estimate of drug-likeness (QED) is 0.678. The number of piperidine rings is 1. The Kier molecular flexibility index (Phi) is 6.23. The van der Waals surface area contributed by atoms with Crippen molar-refractivity contribution in [2.24, 2.45) is 11.8 Å². The Labute approximate surface area is 187 Å². The van der Waals surface area contributed by atoms with Gasteiger partial charge in [-0.25, -0.2) is 9.37 Å². The minimum atomic E-state index is -0.196. The number of aryl methyl sites for hydroxylation is 2. The van der Waals surface area contributed by atoms with Crippen LogP contribution in [0.2, 0.25) is 0 Å². The maximum absolute atomic E-state index is 13.8. The van der Waals surface area contributed by atoms with Crippen molar-refractivity contribution in [2.75, 3.05) is 38.0 Å². The second-order valence-electron chi connectivity index (χ2n) is 9.23. The zero-order valence-corrected chi connectivity index (χ0v) is 18.8. The van der Waals surface area contributed by atoms with Gasteiger partial charge < -0.3 is 15.5 Å². The molecule has 7 heteroatoms. The first-order valence-corrected chi connectivity index (χ1v) is 12.5. The number of anilines is 1. The minimum absolute atomic E-state index is 0.196. The molecular formula is C24H31FN4OS. The molecule has 1 saturated carbocycles. The SMILES string of the molecule is O=C(CNCC1CC1)N1CCC(CNc2nc3c(s2)CCCc2ccc(F)cc2-3)CC1. The van der Waals surface area contributed by atoms with Gasteiger partial charge in [0.25, 0.3) is 0 Å². The first-order valence-electron chi connectivity index (χ1n) is 11.7. The monoisotopic (exact) mass is 442 g/mol. The van der Waals surface area contributed by atoms with Gasteiger partial charge in [0.05, 0.1) is 12.2 Å². The first-order chi connectivity index (χ1) is 15.2. The van der Waals surface area contributed by atoms with Gasteiger partial charge in [-0.05, 0) is 81.0 Å². The molecule has 166 valence electrons. The van der Waals surface area contributed by atoms with Crippen molar-refractivity contribution in [2.45, 2.75) is 44.9 Å². The van der Waals surface area contributed by atoms with Crippen LogP contribution in [0.5, 0.6) is 0 Å². The number of carbonyl (C=O) groups excluding carboxylic acids is 1. The molecule has 0 unspecified atom stereocenters. The largest absolute Gasteiger partial charge is 0.361 e.